The van der Waals surface area contributed by atoms with Gasteiger partial charge in [0, 0.05) is 29.3 Å². The molecule has 6 nitrogen and oxygen atoms in total. The highest BCUT2D eigenvalue weighted by molar-refractivity contribution is 6.14. The molecule has 1 atom stereocenters. The van der Waals surface area contributed by atoms with Crippen LogP contribution in [0.15, 0.2) is 47.7 Å². The molecule has 4 rings (SSSR count). The summed E-state index contributed by atoms with van der Waals surface area (Å²) in [6.07, 6.45) is 6.23. The van der Waals surface area contributed by atoms with E-state index in [1.54, 1.807) is 6.08 Å². The SMILES string of the molecule is COC(=O)C(=CC1=CN2CCc3c([nH]c4ccccc34)C2(C)CC1)C(=O)OC. The number of ether oxygens (including phenoxy) is 2. The van der Waals surface area contributed by atoms with E-state index in [4.69, 9.17) is 9.47 Å². The molecule has 1 unspecified atom stereocenters. The Balaban J connectivity index is 1.72. The van der Waals surface area contributed by atoms with Crippen LogP contribution in [0.2, 0.25) is 0 Å². The molecule has 0 radical (unpaired) electrons. The van der Waals surface area contributed by atoms with Crippen molar-refractivity contribution >= 4 is 22.8 Å². The lowest BCUT2D eigenvalue weighted by Gasteiger charge is -2.47. The first-order chi connectivity index (χ1) is 13.5. The fourth-order valence-electron chi connectivity index (χ4n) is 4.39. The highest BCUT2D eigenvalue weighted by Crippen LogP contribution is 2.45. The second kappa shape index (κ2) is 6.86. The third-order valence-corrected chi connectivity index (χ3v) is 5.95. The molecular formula is C22H24N2O4. The molecule has 2 aromatic rings. The van der Waals surface area contributed by atoms with Gasteiger partial charge in [-0.3, -0.25) is 0 Å². The Morgan fingerprint density at radius 3 is 2.57 bits per heavy atom. The summed E-state index contributed by atoms with van der Waals surface area (Å²) in [6.45, 7) is 3.13. The van der Waals surface area contributed by atoms with Crippen molar-refractivity contribution in [3.63, 3.8) is 0 Å². The molecule has 1 N–H and O–H groups in total. The molecule has 0 aliphatic carbocycles. The molecular weight excluding hydrogens is 356 g/mol. The average molecular weight is 380 g/mol. The van der Waals surface area contributed by atoms with Gasteiger partial charge < -0.3 is 19.4 Å². The Kier molecular flexibility index (Phi) is 4.49. The monoisotopic (exact) mass is 380 g/mol. The summed E-state index contributed by atoms with van der Waals surface area (Å²) >= 11 is 0. The van der Waals surface area contributed by atoms with Crippen LogP contribution in [0.3, 0.4) is 0 Å². The van der Waals surface area contributed by atoms with Crippen molar-refractivity contribution in [2.45, 2.75) is 31.7 Å². The minimum atomic E-state index is -0.683. The van der Waals surface area contributed by atoms with Crippen LogP contribution in [0.5, 0.6) is 0 Å². The first kappa shape index (κ1) is 18.3. The summed E-state index contributed by atoms with van der Waals surface area (Å²) in [5, 5.41) is 1.30. The van der Waals surface area contributed by atoms with Crippen molar-refractivity contribution in [3.8, 4) is 0 Å². The molecule has 6 heteroatoms. The zero-order valence-electron chi connectivity index (χ0n) is 16.4. The van der Waals surface area contributed by atoms with Gasteiger partial charge in [-0.15, -0.1) is 0 Å². The Labute approximate surface area is 163 Å². The van der Waals surface area contributed by atoms with Gasteiger partial charge in [-0.25, -0.2) is 9.59 Å². The maximum atomic E-state index is 12.0. The van der Waals surface area contributed by atoms with Crippen molar-refractivity contribution in [1.82, 2.24) is 9.88 Å². The molecule has 0 saturated carbocycles. The van der Waals surface area contributed by atoms with Crippen LogP contribution in [0.25, 0.3) is 10.9 Å². The van der Waals surface area contributed by atoms with Crippen LogP contribution < -0.4 is 0 Å². The molecule has 146 valence electrons. The smallest absolute Gasteiger partial charge is 0.345 e. The highest BCUT2D eigenvalue weighted by Gasteiger charge is 2.41. The van der Waals surface area contributed by atoms with E-state index in [1.165, 1.54) is 36.4 Å². The zero-order chi connectivity index (χ0) is 19.9. The van der Waals surface area contributed by atoms with Gasteiger partial charge >= 0.3 is 11.9 Å². The molecule has 0 amide bonds. The number of hydrogen-bond donors (Lipinski definition) is 1. The van der Waals surface area contributed by atoms with Crippen LogP contribution in [0.1, 0.15) is 31.0 Å². The maximum Gasteiger partial charge on any atom is 0.345 e. The largest absolute Gasteiger partial charge is 0.465 e. The van der Waals surface area contributed by atoms with Crippen LogP contribution in [-0.4, -0.2) is 42.6 Å². The Hall–Kier alpha value is -3.02. The van der Waals surface area contributed by atoms with Gasteiger partial charge in [-0.05, 0) is 49.5 Å². The summed E-state index contributed by atoms with van der Waals surface area (Å²) in [7, 11) is 2.51. The third kappa shape index (κ3) is 2.80. The fourth-order valence-corrected chi connectivity index (χ4v) is 4.39. The van der Waals surface area contributed by atoms with E-state index in [9.17, 15) is 9.59 Å². The highest BCUT2D eigenvalue weighted by atomic mass is 16.5. The van der Waals surface area contributed by atoms with E-state index in [1.807, 2.05) is 0 Å². The topological polar surface area (TPSA) is 71.6 Å². The number of carbonyl (C=O) groups is 2. The van der Waals surface area contributed by atoms with E-state index >= 15 is 0 Å². The molecule has 2 aliphatic heterocycles. The number of hydrogen-bond acceptors (Lipinski definition) is 5. The lowest BCUT2D eigenvalue weighted by atomic mass is 9.79. The lowest BCUT2D eigenvalue weighted by Crippen LogP contribution is -2.47. The molecule has 0 spiro atoms. The van der Waals surface area contributed by atoms with Gasteiger partial charge in [0.1, 0.15) is 5.57 Å². The standard InChI is InChI=1S/C22H24N2O4/c1-22-10-8-14(12-17(20(25)27-2)21(26)28-3)13-24(22)11-9-16-15-6-4-5-7-18(15)23-19(16)22/h4-7,12-13,23H,8-11H2,1-3H3. The van der Waals surface area contributed by atoms with Crippen molar-refractivity contribution in [3.05, 3.63) is 58.9 Å². The van der Waals surface area contributed by atoms with E-state index in [0.29, 0.717) is 0 Å². The fraction of sp³-hybridized carbons (Fsp3) is 0.364. The Morgan fingerprint density at radius 2 is 1.86 bits per heavy atom. The number of carbonyl (C=O) groups excluding carboxylic acids is 2. The predicted octanol–water partition coefficient (Wildman–Crippen LogP) is 3.19. The van der Waals surface area contributed by atoms with Crippen molar-refractivity contribution < 1.29 is 19.1 Å². The molecule has 0 fully saturated rings. The second-order valence-electron chi connectivity index (χ2n) is 7.49. The number of nitrogens with one attached hydrogen (secondary N) is 1. The number of H-pyrrole nitrogens is 1. The number of nitrogens with zero attached hydrogens (tertiary/aromatic N) is 1. The summed E-state index contributed by atoms with van der Waals surface area (Å²) < 4.78 is 9.46. The number of rotatable bonds is 3. The number of aromatic amines is 1. The van der Waals surface area contributed by atoms with Gasteiger partial charge in [-0.1, -0.05) is 18.2 Å². The number of aromatic nitrogens is 1. The van der Waals surface area contributed by atoms with Gasteiger partial charge in [0.05, 0.1) is 19.8 Å². The predicted molar refractivity (Wildman–Crippen MR) is 105 cm³/mol. The van der Waals surface area contributed by atoms with Crippen LogP contribution in [0.4, 0.5) is 0 Å². The normalized spacial score (nSPS) is 20.7. The van der Waals surface area contributed by atoms with Crippen molar-refractivity contribution in [1.29, 1.82) is 0 Å². The average Bonchev–Trinajstić information content (AvgIpc) is 3.11. The summed E-state index contributed by atoms with van der Waals surface area (Å²) in [5.74, 6) is -1.37. The molecule has 0 bridgehead atoms. The van der Waals surface area contributed by atoms with Crippen LogP contribution >= 0.6 is 0 Å². The van der Waals surface area contributed by atoms with Gasteiger partial charge in [-0.2, -0.15) is 0 Å². The van der Waals surface area contributed by atoms with Gasteiger partial charge in [0.2, 0.25) is 0 Å². The summed E-state index contributed by atoms with van der Waals surface area (Å²) in [4.78, 5) is 29.9. The minimum absolute atomic E-state index is 0.0804. The molecule has 1 aromatic heterocycles. The van der Waals surface area contributed by atoms with Crippen molar-refractivity contribution in [2.75, 3.05) is 20.8 Å². The Morgan fingerprint density at radius 1 is 1.14 bits per heavy atom. The number of esters is 2. The van der Waals surface area contributed by atoms with E-state index < -0.39 is 11.9 Å². The second-order valence-corrected chi connectivity index (χ2v) is 7.49. The number of allylic oxidation sites excluding steroid dienone is 2. The van der Waals surface area contributed by atoms with Gasteiger partial charge in [0.15, 0.2) is 0 Å². The third-order valence-electron chi connectivity index (χ3n) is 5.95. The Bertz CT molecular complexity index is 999. The molecule has 2 aliphatic rings. The van der Waals surface area contributed by atoms with Crippen molar-refractivity contribution in [2.24, 2.45) is 0 Å². The molecule has 0 saturated heterocycles. The number of methoxy groups -OCH3 is 2. The number of benzene rings is 1. The maximum absolute atomic E-state index is 12.0. The first-order valence-electron chi connectivity index (χ1n) is 9.44. The van der Waals surface area contributed by atoms with Crippen LogP contribution in [0, 0.1) is 0 Å². The minimum Gasteiger partial charge on any atom is -0.465 e. The molecule has 1 aromatic carbocycles. The quantitative estimate of drug-likeness (QED) is 0.383. The van der Waals surface area contributed by atoms with E-state index in [2.05, 4.69) is 47.3 Å². The molecule has 3 heterocycles. The lowest BCUT2D eigenvalue weighted by molar-refractivity contribution is -0.144. The summed E-state index contributed by atoms with van der Waals surface area (Å²) in [6, 6.07) is 8.42. The van der Waals surface area contributed by atoms with Crippen LogP contribution in [-0.2, 0) is 31.0 Å². The zero-order valence-corrected chi connectivity index (χ0v) is 16.4. The first-order valence-corrected chi connectivity index (χ1v) is 9.44. The van der Waals surface area contributed by atoms with E-state index in [0.717, 1.165) is 31.4 Å². The number of para-hydroxylation sites is 1. The number of fused-ring (bicyclic) bond motifs is 5. The van der Waals surface area contributed by atoms with Gasteiger partial charge in [0.25, 0.3) is 0 Å². The molecule has 28 heavy (non-hydrogen) atoms. The summed E-state index contributed by atoms with van der Waals surface area (Å²) in [5.41, 5.74) is 4.53. The van der Waals surface area contributed by atoms with E-state index in [-0.39, 0.29) is 11.1 Å².